The van der Waals surface area contributed by atoms with Crippen LogP contribution in [-0.4, -0.2) is 56.4 Å². The van der Waals surface area contributed by atoms with E-state index in [1.54, 1.807) is 20.8 Å². The van der Waals surface area contributed by atoms with Gasteiger partial charge >= 0.3 is 11.7 Å². The van der Waals surface area contributed by atoms with Crippen molar-refractivity contribution in [2.24, 2.45) is 11.7 Å². The minimum Gasteiger partial charge on any atom is -0.458 e. The van der Waals surface area contributed by atoms with Crippen molar-refractivity contribution in [3.8, 4) is 0 Å². The SMILES string of the molecule is CCc1cn([C@@H]2O[C@](F)(COC(=O)[C@@H](N)C(C)C)[C@@H](O)[C@H]2O)c(=O)[nH]c1=S. The summed E-state index contributed by atoms with van der Waals surface area (Å²) in [7, 11) is 0. The molecule has 1 aliphatic rings. The molecule has 9 nitrogen and oxygen atoms in total. The summed E-state index contributed by atoms with van der Waals surface area (Å²) in [6, 6.07) is -0.975. The van der Waals surface area contributed by atoms with Crippen LogP contribution in [0.25, 0.3) is 0 Å². The van der Waals surface area contributed by atoms with E-state index in [-0.39, 0.29) is 10.6 Å². The molecule has 5 atom stereocenters. The number of nitrogens with one attached hydrogen (secondary N) is 1. The highest BCUT2D eigenvalue weighted by Crippen LogP contribution is 2.38. The number of halogens is 1. The van der Waals surface area contributed by atoms with Gasteiger partial charge in [-0.1, -0.05) is 33.0 Å². The van der Waals surface area contributed by atoms with Gasteiger partial charge in [-0.3, -0.25) is 14.3 Å². The molecule has 1 saturated heterocycles. The van der Waals surface area contributed by atoms with E-state index in [4.69, 9.17) is 27.4 Å². The average molecular weight is 405 g/mol. The van der Waals surface area contributed by atoms with Crippen molar-refractivity contribution in [3.63, 3.8) is 0 Å². The van der Waals surface area contributed by atoms with Gasteiger partial charge in [-0.05, 0) is 12.3 Å². The smallest absolute Gasteiger partial charge is 0.328 e. The molecule has 0 bridgehead atoms. The third-order valence-corrected chi connectivity index (χ3v) is 4.84. The second-order valence-corrected chi connectivity index (χ2v) is 7.19. The lowest BCUT2D eigenvalue weighted by Crippen LogP contribution is -2.46. The summed E-state index contributed by atoms with van der Waals surface area (Å²) in [5, 5.41) is 20.2. The summed E-state index contributed by atoms with van der Waals surface area (Å²) in [5.41, 5.74) is 5.46. The molecule has 1 aromatic rings. The fraction of sp³-hybridized carbons (Fsp3) is 0.688. The molecule has 2 heterocycles. The Labute approximate surface area is 159 Å². The lowest BCUT2D eigenvalue weighted by atomic mass is 10.1. The number of carbonyl (C=O) groups is 1. The first-order valence-corrected chi connectivity index (χ1v) is 8.92. The van der Waals surface area contributed by atoms with Crippen molar-refractivity contribution in [2.75, 3.05) is 6.61 Å². The molecule has 11 heteroatoms. The van der Waals surface area contributed by atoms with Gasteiger partial charge in [0.15, 0.2) is 12.8 Å². The number of alkyl halides is 1. The highest BCUT2D eigenvalue weighted by atomic mass is 32.1. The van der Waals surface area contributed by atoms with Crippen LogP contribution in [0.5, 0.6) is 0 Å². The number of aromatic nitrogens is 2. The minimum atomic E-state index is -2.91. The number of aromatic amines is 1. The highest BCUT2D eigenvalue weighted by molar-refractivity contribution is 7.71. The predicted octanol–water partition coefficient (Wildman–Crippen LogP) is -0.0888. The fourth-order valence-electron chi connectivity index (χ4n) is 2.60. The number of aliphatic hydroxyl groups is 2. The zero-order valence-electron chi connectivity index (χ0n) is 15.2. The van der Waals surface area contributed by atoms with Crippen molar-refractivity contribution in [1.29, 1.82) is 0 Å². The summed E-state index contributed by atoms with van der Waals surface area (Å²) >= 11 is 5.02. The third kappa shape index (κ3) is 4.27. The molecule has 0 aromatic carbocycles. The zero-order chi connectivity index (χ0) is 20.5. The number of ether oxygens (including phenoxy) is 2. The van der Waals surface area contributed by atoms with Gasteiger partial charge in [0, 0.05) is 11.8 Å². The van der Waals surface area contributed by atoms with Crippen molar-refractivity contribution >= 4 is 18.2 Å². The van der Waals surface area contributed by atoms with Crippen LogP contribution in [0, 0.1) is 10.6 Å². The van der Waals surface area contributed by atoms with E-state index < -0.39 is 48.6 Å². The number of nitrogens with zero attached hydrogens (tertiary/aromatic N) is 1. The maximum Gasteiger partial charge on any atom is 0.328 e. The van der Waals surface area contributed by atoms with Crippen LogP contribution in [-0.2, 0) is 20.7 Å². The molecule has 152 valence electrons. The number of hydrogen-bond acceptors (Lipinski definition) is 8. The number of aryl methyl sites for hydroxylation is 1. The van der Waals surface area contributed by atoms with Gasteiger partial charge in [-0.25, -0.2) is 9.18 Å². The number of rotatable bonds is 6. The molecule has 0 saturated carbocycles. The van der Waals surface area contributed by atoms with Gasteiger partial charge < -0.3 is 25.4 Å². The molecular weight excluding hydrogens is 381 g/mol. The standard InChI is InChI=1S/C16H24FN3O6S/c1-4-8-5-20(15(24)19-12(8)27)13-10(21)11(22)16(17,26-13)6-25-14(23)9(18)7(2)3/h5,7,9-11,13,21-22H,4,6,18H2,1-3H3,(H,19,24,27)/t9-,10+,11-,13+,16+/m0/s1. The molecule has 1 aromatic heterocycles. The summed E-state index contributed by atoms with van der Waals surface area (Å²) in [6.07, 6.45) is -3.56. The van der Waals surface area contributed by atoms with Gasteiger partial charge in [0.05, 0.1) is 0 Å². The Kier molecular flexibility index (Phi) is 6.53. The fourth-order valence-corrected chi connectivity index (χ4v) is 2.88. The molecule has 2 rings (SSSR count). The van der Waals surface area contributed by atoms with E-state index in [0.717, 1.165) is 4.57 Å². The molecule has 5 N–H and O–H groups in total. The minimum absolute atomic E-state index is 0.218. The molecule has 27 heavy (non-hydrogen) atoms. The molecule has 0 aliphatic carbocycles. The van der Waals surface area contributed by atoms with Gasteiger partial charge in [0.2, 0.25) is 0 Å². The lowest BCUT2D eigenvalue weighted by molar-refractivity contribution is -0.217. The number of H-pyrrole nitrogens is 1. The Balaban J connectivity index is 2.23. The van der Waals surface area contributed by atoms with Crippen LogP contribution in [0.15, 0.2) is 11.0 Å². The van der Waals surface area contributed by atoms with E-state index in [9.17, 15) is 19.8 Å². The monoisotopic (exact) mass is 405 g/mol. The van der Waals surface area contributed by atoms with Gasteiger partial charge in [0.1, 0.15) is 22.9 Å². The van der Waals surface area contributed by atoms with E-state index >= 15 is 4.39 Å². The number of esters is 1. The molecule has 0 spiro atoms. The largest absolute Gasteiger partial charge is 0.458 e. The van der Waals surface area contributed by atoms with Crippen LogP contribution in [0.2, 0.25) is 0 Å². The maximum atomic E-state index is 15.0. The van der Waals surface area contributed by atoms with Crippen LogP contribution < -0.4 is 11.4 Å². The normalized spacial score (nSPS) is 29.1. The first-order chi connectivity index (χ1) is 12.5. The summed E-state index contributed by atoms with van der Waals surface area (Å²) in [5.74, 6) is -4.01. The van der Waals surface area contributed by atoms with Crippen LogP contribution in [0.1, 0.15) is 32.6 Å². The lowest BCUT2D eigenvalue weighted by Gasteiger charge is -2.24. The zero-order valence-corrected chi connectivity index (χ0v) is 16.0. The second-order valence-electron chi connectivity index (χ2n) is 6.78. The van der Waals surface area contributed by atoms with Crippen molar-refractivity contribution in [1.82, 2.24) is 9.55 Å². The van der Waals surface area contributed by atoms with Gasteiger partial charge in [-0.15, -0.1) is 0 Å². The number of aliphatic hydroxyl groups excluding tert-OH is 2. The van der Waals surface area contributed by atoms with Crippen molar-refractivity contribution < 1.29 is 28.9 Å². The molecule has 0 radical (unpaired) electrons. The number of carbonyl (C=O) groups excluding carboxylic acids is 1. The first-order valence-electron chi connectivity index (χ1n) is 8.51. The summed E-state index contributed by atoms with van der Waals surface area (Å²) in [6.45, 7) is 4.19. The van der Waals surface area contributed by atoms with E-state index in [1.807, 2.05) is 0 Å². The highest BCUT2D eigenvalue weighted by Gasteiger charge is 2.57. The van der Waals surface area contributed by atoms with Gasteiger partial charge in [-0.2, -0.15) is 0 Å². The topological polar surface area (TPSA) is 140 Å². The Bertz CT molecular complexity index is 812. The summed E-state index contributed by atoms with van der Waals surface area (Å²) < 4.78 is 26.0. The van der Waals surface area contributed by atoms with E-state index in [2.05, 4.69) is 4.98 Å². The Morgan fingerprint density at radius 3 is 2.74 bits per heavy atom. The maximum absolute atomic E-state index is 15.0. The molecular formula is C16H24FN3O6S. The average Bonchev–Trinajstić information content (AvgIpc) is 2.84. The van der Waals surface area contributed by atoms with E-state index in [1.165, 1.54) is 6.20 Å². The number of hydrogen-bond donors (Lipinski definition) is 4. The Morgan fingerprint density at radius 1 is 1.56 bits per heavy atom. The number of nitrogens with two attached hydrogens (primary N) is 1. The van der Waals surface area contributed by atoms with Crippen LogP contribution in [0.4, 0.5) is 4.39 Å². The van der Waals surface area contributed by atoms with Crippen molar-refractivity contribution in [2.45, 2.75) is 57.5 Å². The predicted molar refractivity (Wildman–Crippen MR) is 95.0 cm³/mol. The first kappa shape index (κ1) is 21.6. The molecule has 0 amide bonds. The van der Waals surface area contributed by atoms with Crippen molar-refractivity contribution in [3.05, 3.63) is 26.9 Å². The molecule has 1 aliphatic heterocycles. The summed E-state index contributed by atoms with van der Waals surface area (Å²) in [4.78, 5) is 26.3. The van der Waals surface area contributed by atoms with Crippen LogP contribution >= 0.6 is 12.2 Å². The van der Waals surface area contributed by atoms with Crippen LogP contribution in [0.3, 0.4) is 0 Å². The molecule has 1 fully saturated rings. The Morgan fingerprint density at radius 2 is 2.19 bits per heavy atom. The second kappa shape index (κ2) is 8.15. The Hall–Kier alpha value is -1.66. The third-order valence-electron chi connectivity index (χ3n) is 4.47. The quantitative estimate of drug-likeness (QED) is 0.380. The van der Waals surface area contributed by atoms with Gasteiger partial charge in [0.25, 0.3) is 5.85 Å². The van der Waals surface area contributed by atoms with E-state index in [0.29, 0.717) is 12.0 Å². The molecule has 0 unspecified atom stereocenters.